The largest absolute Gasteiger partial charge is 0.351 e. The predicted molar refractivity (Wildman–Crippen MR) is 151 cm³/mol. The molecule has 206 valence electrons. The first-order valence-electron chi connectivity index (χ1n) is 13.4. The molecule has 9 heteroatoms. The number of halogens is 2. The minimum absolute atomic E-state index is 0.0511. The summed E-state index contributed by atoms with van der Waals surface area (Å²) < 4.78 is 27.7. The minimum atomic E-state index is -2.87. The summed E-state index contributed by atoms with van der Waals surface area (Å²) in [6.07, 6.45) is 3.51. The molecule has 0 spiro atoms. The molecule has 2 aliphatic rings. The molecule has 1 heterocycles. The zero-order valence-electron chi connectivity index (χ0n) is 22.5. The summed E-state index contributed by atoms with van der Waals surface area (Å²) in [5.74, 6) is -1.95. The van der Waals surface area contributed by atoms with Crippen LogP contribution in [0.25, 0.3) is 5.70 Å². The third-order valence-electron chi connectivity index (χ3n) is 7.07. The lowest BCUT2D eigenvalue weighted by Crippen LogP contribution is -2.48. The quantitative estimate of drug-likeness (QED) is 0.417. The third kappa shape index (κ3) is 6.96. The Bertz CT molecular complexity index is 1240. The first-order chi connectivity index (χ1) is 18.7. The normalized spacial score (nSPS) is 16.7. The van der Waals surface area contributed by atoms with E-state index >= 15 is 0 Å². The van der Waals surface area contributed by atoms with Gasteiger partial charge in [-0.1, -0.05) is 43.3 Å². The molecule has 2 aromatic rings. The summed E-state index contributed by atoms with van der Waals surface area (Å²) in [7, 11) is 0. The van der Waals surface area contributed by atoms with Crippen molar-refractivity contribution in [3.63, 3.8) is 0 Å². The van der Waals surface area contributed by atoms with Crippen LogP contribution in [-0.2, 0) is 21.9 Å². The standard InChI is InChI=1S/C30H35F2N5O2/c1-4-30(31,32)24-12-6-21(7-13-24)20-26(38)35-25-14-10-22(11-15-25)27(33-3)28(34-5-2)36-16-18-37(19-17-36)29(39)23-8-9-23/h5-7,10-15,23H,3-4,8-9,16-20H2,1-2H3,(H,35,38)/b28-27+,34-5?. The molecular weight excluding hydrogens is 500 g/mol. The van der Waals surface area contributed by atoms with Crippen LogP contribution in [0.15, 0.2) is 64.3 Å². The zero-order valence-corrected chi connectivity index (χ0v) is 22.5. The van der Waals surface area contributed by atoms with Crippen molar-refractivity contribution in [1.29, 1.82) is 0 Å². The first-order valence-corrected chi connectivity index (χ1v) is 13.4. The number of aliphatic imine (C=N–C) groups is 2. The van der Waals surface area contributed by atoms with Gasteiger partial charge in [-0.25, -0.2) is 13.8 Å². The van der Waals surface area contributed by atoms with Crippen LogP contribution >= 0.6 is 0 Å². The van der Waals surface area contributed by atoms with Crippen molar-refractivity contribution < 1.29 is 18.4 Å². The minimum Gasteiger partial charge on any atom is -0.351 e. The topological polar surface area (TPSA) is 77.4 Å². The maximum absolute atomic E-state index is 13.8. The number of hydrogen-bond acceptors (Lipinski definition) is 5. The molecule has 1 N–H and O–H groups in total. The molecule has 0 atom stereocenters. The van der Waals surface area contributed by atoms with E-state index in [1.807, 2.05) is 24.0 Å². The van der Waals surface area contributed by atoms with Crippen LogP contribution in [0.2, 0.25) is 0 Å². The van der Waals surface area contributed by atoms with E-state index in [1.54, 1.807) is 30.5 Å². The second-order valence-corrected chi connectivity index (χ2v) is 9.86. The van der Waals surface area contributed by atoms with Crippen molar-refractivity contribution >= 4 is 36.1 Å². The summed E-state index contributed by atoms with van der Waals surface area (Å²) >= 11 is 0. The number of carbonyl (C=O) groups is 2. The Labute approximate surface area is 228 Å². The number of rotatable bonds is 10. The Morgan fingerprint density at radius 2 is 1.64 bits per heavy atom. The third-order valence-corrected chi connectivity index (χ3v) is 7.07. The highest BCUT2D eigenvalue weighted by atomic mass is 19.3. The zero-order chi connectivity index (χ0) is 28.0. The number of carbonyl (C=O) groups excluding carboxylic acids is 2. The van der Waals surface area contributed by atoms with Gasteiger partial charge in [-0.3, -0.25) is 14.6 Å². The van der Waals surface area contributed by atoms with E-state index in [2.05, 4.69) is 26.9 Å². The molecule has 0 unspecified atom stereocenters. The maximum Gasteiger partial charge on any atom is 0.273 e. The van der Waals surface area contributed by atoms with E-state index in [0.717, 1.165) is 18.4 Å². The van der Waals surface area contributed by atoms with E-state index < -0.39 is 5.92 Å². The molecule has 7 nitrogen and oxygen atoms in total. The molecular formula is C30H35F2N5O2. The number of piperazine rings is 1. The SMILES string of the molecule is C=N/C(=C(\N=CC)N1CCN(C(=O)C2CC2)CC1)c1ccc(NC(=O)Cc2ccc(C(F)(F)CC)cc2)cc1. The fourth-order valence-electron chi connectivity index (χ4n) is 4.61. The van der Waals surface area contributed by atoms with Gasteiger partial charge in [0.2, 0.25) is 11.8 Å². The molecule has 0 radical (unpaired) electrons. The number of anilines is 1. The van der Waals surface area contributed by atoms with Gasteiger partial charge in [-0.05, 0) is 44.2 Å². The number of nitrogens with zero attached hydrogens (tertiary/aromatic N) is 4. The summed E-state index contributed by atoms with van der Waals surface area (Å²) in [4.78, 5) is 37.9. The molecule has 39 heavy (non-hydrogen) atoms. The van der Waals surface area contributed by atoms with E-state index in [1.165, 1.54) is 19.1 Å². The highest BCUT2D eigenvalue weighted by molar-refractivity contribution is 5.92. The molecule has 1 saturated heterocycles. The second kappa shape index (κ2) is 12.3. The Hall–Kier alpha value is -3.88. The number of alkyl halides is 2. The van der Waals surface area contributed by atoms with Crippen molar-refractivity contribution in [2.24, 2.45) is 15.9 Å². The van der Waals surface area contributed by atoms with Crippen molar-refractivity contribution in [2.45, 2.75) is 45.5 Å². The molecule has 0 bridgehead atoms. The average Bonchev–Trinajstić information content (AvgIpc) is 3.80. The Morgan fingerprint density at radius 1 is 1.03 bits per heavy atom. The summed E-state index contributed by atoms with van der Waals surface area (Å²) in [5, 5.41) is 2.85. The van der Waals surface area contributed by atoms with Crippen LogP contribution in [0.3, 0.4) is 0 Å². The van der Waals surface area contributed by atoms with Crippen molar-refractivity contribution in [3.05, 3.63) is 71.0 Å². The average molecular weight is 536 g/mol. The molecule has 1 saturated carbocycles. The number of hydrogen-bond donors (Lipinski definition) is 1. The lowest BCUT2D eigenvalue weighted by Gasteiger charge is -2.36. The van der Waals surface area contributed by atoms with Crippen LogP contribution in [0.4, 0.5) is 14.5 Å². The monoisotopic (exact) mass is 535 g/mol. The van der Waals surface area contributed by atoms with E-state index in [-0.39, 0.29) is 36.1 Å². The van der Waals surface area contributed by atoms with Gasteiger partial charge in [0.25, 0.3) is 5.92 Å². The smallest absolute Gasteiger partial charge is 0.273 e. The molecule has 1 aliphatic heterocycles. The van der Waals surface area contributed by atoms with Gasteiger partial charge in [0.15, 0.2) is 5.82 Å². The van der Waals surface area contributed by atoms with E-state index in [4.69, 9.17) is 0 Å². The lowest BCUT2D eigenvalue weighted by atomic mass is 10.0. The van der Waals surface area contributed by atoms with Crippen molar-refractivity contribution in [1.82, 2.24) is 9.80 Å². The van der Waals surface area contributed by atoms with Crippen LogP contribution < -0.4 is 5.32 Å². The van der Waals surface area contributed by atoms with Gasteiger partial charge in [0.05, 0.1) is 6.42 Å². The van der Waals surface area contributed by atoms with E-state index in [9.17, 15) is 18.4 Å². The number of nitrogens with one attached hydrogen (secondary N) is 1. The van der Waals surface area contributed by atoms with E-state index in [0.29, 0.717) is 48.9 Å². The molecule has 2 amide bonds. The van der Waals surface area contributed by atoms with Gasteiger partial charge in [0.1, 0.15) is 5.70 Å². The van der Waals surface area contributed by atoms with Crippen molar-refractivity contribution in [3.8, 4) is 0 Å². The van der Waals surface area contributed by atoms with Gasteiger partial charge in [-0.15, -0.1) is 0 Å². The Balaban J connectivity index is 1.41. The Morgan fingerprint density at radius 3 is 2.18 bits per heavy atom. The summed E-state index contributed by atoms with van der Waals surface area (Å²) in [6.45, 7) is 9.67. The van der Waals surface area contributed by atoms with Crippen LogP contribution in [-0.4, -0.2) is 60.7 Å². The first kappa shape index (κ1) is 28.1. The molecule has 0 aromatic heterocycles. The predicted octanol–water partition coefficient (Wildman–Crippen LogP) is 5.34. The Kier molecular flexibility index (Phi) is 8.89. The van der Waals surface area contributed by atoms with Crippen molar-refractivity contribution in [2.75, 3.05) is 31.5 Å². The van der Waals surface area contributed by atoms with Crippen LogP contribution in [0, 0.1) is 5.92 Å². The van der Waals surface area contributed by atoms with Gasteiger partial charge in [0, 0.05) is 61.5 Å². The maximum atomic E-state index is 13.8. The fraction of sp³-hybridized carbons (Fsp3) is 0.400. The number of benzene rings is 2. The summed E-state index contributed by atoms with van der Waals surface area (Å²) in [6, 6.07) is 13.1. The highest BCUT2D eigenvalue weighted by Gasteiger charge is 2.35. The molecule has 2 aromatic carbocycles. The second-order valence-electron chi connectivity index (χ2n) is 9.86. The van der Waals surface area contributed by atoms with Crippen LogP contribution in [0.5, 0.6) is 0 Å². The van der Waals surface area contributed by atoms with Gasteiger partial charge in [-0.2, -0.15) is 0 Å². The lowest BCUT2D eigenvalue weighted by molar-refractivity contribution is -0.134. The van der Waals surface area contributed by atoms with Gasteiger partial charge >= 0.3 is 0 Å². The van der Waals surface area contributed by atoms with Gasteiger partial charge < -0.3 is 15.1 Å². The highest BCUT2D eigenvalue weighted by Crippen LogP contribution is 2.33. The molecule has 4 rings (SSSR count). The summed E-state index contributed by atoms with van der Waals surface area (Å²) in [5.41, 5.74) is 2.63. The number of amides is 2. The molecule has 1 aliphatic carbocycles. The fourth-order valence-corrected chi connectivity index (χ4v) is 4.61. The van der Waals surface area contributed by atoms with Crippen LogP contribution in [0.1, 0.15) is 49.8 Å². The molecule has 2 fully saturated rings.